The average Bonchev–Trinajstić information content (AvgIpc) is 2.34. The highest BCUT2D eigenvalue weighted by Gasteiger charge is 2.12. The van der Waals surface area contributed by atoms with E-state index >= 15 is 0 Å². The second kappa shape index (κ2) is 12.9. The van der Waals surface area contributed by atoms with Crippen molar-refractivity contribution >= 4 is 5.97 Å². The molecular weight excluding hydrogens is 224 g/mol. The molecular formula is C16H32O2. The van der Waals surface area contributed by atoms with E-state index in [0.717, 1.165) is 32.1 Å². The van der Waals surface area contributed by atoms with Crippen LogP contribution in [0.2, 0.25) is 0 Å². The fraction of sp³-hybridized carbons (Fsp3) is 0.938. The largest absolute Gasteiger partial charge is 0.462 e. The first-order valence-corrected chi connectivity index (χ1v) is 7.94. The van der Waals surface area contributed by atoms with E-state index in [2.05, 4.69) is 20.8 Å². The smallest absolute Gasteiger partial charge is 0.306 e. The molecule has 0 saturated carbocycles. The molecule has 0 heterocycles. The number of hydrogen-bond donors (Lipinski definition) is 0. The van der Waals surface area contributed by atoms with Gasteiger partial charge in [-0.05, 0) is 19.3 Å². The van der Waals surface area contributed by atoms with Gasteiger partial charge in [0.2, 0.25) is 0 Å². The molecule has 0 atom stereocenters. The predicted octanol–water partition coefficient (Wildman–Crippen LogP) is 5.25. The Labute approximate surface area is 113 Å². The zero-order valence-corrected chi connectivity index (χ0v) is 12.7. The fourth-order valence-electron chi connectivity index (χ4n) is 2.20. The van der Waals surface area contributed by atoms with Gasteiger partial charge in [0, 0.05) is 6.42 Å². The maximum absolute atomic E-state index is 11.7. The summed E-state index contributed by atoms with van der Waals surface area (Å²) >= 11 is 0. The zero-order valence-electron chi connectivity index (χ0n) is 12.7. The third-order valence-electron chi connectivity index (χ3n) is 3.25. The van der Waals surface area contributed by atoms with Crippen LogP contribution in [0.1, 0.15) is 91.4 Å². The first-order valence-electron chi connectivity index (χ1n) is 7.94. The van der Waals surface area contributed by atoms with Gasteiger partial charge in [-0.1, -0.05) is 65.7 Å². The summed E-state index contributed by atoms with van der Waals surface area (Å²) in [7, 11) is 0. The monoisotopic (exact) mass is 256 g/mol. The minimum absolute atomic E-state index is 0.0115. The van der Waals surface area contributed by atoms with Crippen molar-refractivity contribution < 1.29 is 9.53 Å². The van der Waals surface area contributed by atoms with Gasteiger partial charge in [-0.3, -0.25) is 4.79 Å². The lowest BCUT2D eigenvalue weighted by molar-refractivity contribution is -0.149. The van der Waals surface area contributed by atoms with E-state index in [1.807, 2.05) is 0 Å². The second-order valence-corrected chi connectivity index (χ2v) is 5.21. The Kier molecular flexibility index (Phi) is 12.5. The summed E-state index contributed by atoms with van der Waals surface area (Å²) in [6.45, 7) is 6.51. The van der Waals surface area contributed by atoms with Crippen LogP contribution >= 0.6 is 0 Å². The van der Waals surface area contributed by atoms with E-state index in [1.165, 1.54) is 32.1 Å². The van der Waals surface area contributed by atoms with Gasteiger partial charge in [0.25, 0.3) is 0 Å². The molecule has 2 nitrogen and oxygen atoms in total. The number of carbonyl (C=O) groups is 1. The summed E-state index contributed by atoms with van der Waals surface area (Å²) in [5.74, 6) is 0.0115. The molecule has 0 spiro atoms. The number of rotatable bonds is 12. The van der Waals surface area contributed by atoms with Crippen LogP contribution in [0.25, 0.3) is 0 Å². The minimum atomic E-state index is 0.0115. The predicted molar refractivity (Wildman–Crippen MR) is 77.7 cm³/mol. The molecule has 0 aliphatic carbocycles. The van der Waals surface area contributed by atoms with Gasteiger partial charge in [-0.25, -0.2) is 0 Å². The molecule has 108 valence electrons. The Morgan fingerprint density at radius 2 is 1.39 bits per heavy atom. The van der Waals surface area contributed by atoms with Gasteiger partial charge in [-0.2, -0.15) is 0 Å². The summed E-state index contributed by atoms with van der Waals surface area (Å²) in [5, 5.41) is 0. The van der Waals surface area contributed by atoms with Crippen LogP contribution in [-0.2, 0) is 9.53 Å². The van der Waals surface area contributed by atoms with Gasteiger partial charge in [-0.15, -0.1) is 0 Å². The van der Waals surface area contributed by atoms with Crippen LogP contribution in [0.15, 0.2) is 0 Å². The standard InChI is InChI=1S/C16H32O2/c1-4-7-8-9-10-11-14-16(17)18-15(12-5-2)13-6-3/h15H,4-14H2,1-3H3. The molecule has 0 fully saturated rings. The van der Waals surface area contributed by atoms with Gasteiger partial charge in [0.15, 0.2) is 0 Å². The molecule has 2 heteroatoms. The second-order valence-electron chi connectivity index (χ2n) is 5.21. The third kappa shape index (κ3) is 10.6. The topological polar surface area (TPSA) is 26.3 Å². The van der Waals surface area contributed by atoms with E-state index in [4.69, 9.17) is 4.74 Å². The van der Waals surface area contributed by atoms with Crippen molar-refractivity contribution in [3.05, 3.63) is 0 Å². The highest BCUT2D eigenvalue weighted by atomic mass is 16.5. The minimum Gasteiger partial charge on any atom is -0.462 e. The van der Waals surface area contributed by atoms with Crippen molar-refractivity contribution in [1.82, 2.24) is 0 Å². The third-order valence-corrected chi connectivity index (χ3v) is 3.25. The molecule has 0 unspecified atom stereocenters. The number of esters is 1. The summed E-state index contributed by atoms with van der Waals surface area (Å²) < 4.78 is 5.52. The van der Waals surface area contributed by atoms with Gasteiger partial charge in [0.05, 0.1) is 0 Å². The van der Waals surface area contributed by atoms with Gasteiger partial charge >= 0.3 is 5.97 Å². The number of hydrogen-bond acceptors (Lipinski definition) is 2. The van der Waals surface area contributed by atoms with E-state index in [-0.39, 0.29) is 12.1 Å². The van der Waals surface area contributed by atoms with Crippen molar-refractivity contribution in [2.75, 3.05) is 0 Å². The first kappa shape index (κ1) is 17.5. The van der Waals surface area contributed by atoms with Crippen LogP contribution < -0.4 is 0 Å². The van der Waals surface area contributed by atoms with Gasteiger partial charge in [0.1, 0.15) is 6.10 Å². The number of carbonyl (C=O) groups excluding carboxylic acids is 1. The molecule has 0 saturated heterocycles. The van der Waals surface area contributed by atoms with Crippen molar-refractivity contribution in [3.8, 4) is 0 Å². The molecule has 0 aliphatic rings. The summed E-state index contributed by atoms with van der Waals surface area (Å²) in [6, 6.07) is 0. The average molecular weight is 256 g/mol. The summed E-state index contributed by atoms with van der Waals surface area (Å²) in [6.07, 6.45) is 12.3. The number of ether oxygens (including phenoxy) is 1. The Morgan fingerprint density at radius 3 is 1.94 bits per heavy atom. The number of unbranched alkanes of at least 4 members (excludes halogenated alkanes) is 5. The zero-order chi connectivity index (χ0) is 13.6. The SMILES string of the molecule is CCCCCCCCC(=O)OC(CCC)CCC. The van der Waals surface area contributed by atoms with E-state index in [1.54, 1.807) is 0 Å². The van der Waals surface area contributed by atoms with E-state index in [0.29, 0.717) is 6.42 Å². The molecule has 0 amide bonds. The van der Waals surface area contributed by atoms with Crippen molar-refractivity contribution in [2.45, 2.75) is 97.5 Å². The molecule has 0 radical (unpaired) electrons. The Hall–Kier alpha value is -0.530. The Balaban J connectivity index is 3.55. The van der Waals surface area contributed by atoms with Crippen LogP contribution in [-0.4, -0.2) is 12.1 Å². The lowest BCUT2D eigenvalue weighted by Gasteiger charge is -2.16. The Bertz CT molecular complexity index is 184. The normalized spacial score (nSPS) is 10.9. The van der Waals surface area contributed by atoms with Crippen LogP contribution in [0, 0.1) is 0 Å². The van der Waals surface area contributed by atoms with Crippen LogP contribution in [0.4, 0.5) is 0 Å². The van der Waals surface area contributed by atoms with Crippen molar-refractivity contribution in [3.63, 3.8) is 0 Å². The summed E-state index contributed by atoms with van der Waals surface area (Å²) in [4.78, 5) is 11.7. The molecule has 0 aromatic heterocycles. The van der Waals surface area contributed by atoms with Gasteiger partial charge < -0.3 is 4.74 Å². The van der Waals surface area contributed by atoms with E-state index < -0.39 is 0 Å². The molecule has 18 heavy (non-hydrogen) atoms. The quantitative estimate of drug-likeness (QED) is 0.352. The maximum Gasteiger partial charge on any atom is 0.306 e. The molecule has 0 N–H and O–H groups in total. The van der Waals surface area contributed by atoms with E-state index in [9.17, 15) is 4.79 Å². The van der Waals surface area contributed by atoms with Crippen LogP contribution in [0.3, 0.4) is 0 Å². The van der Waals surface area contributed by atoms with Crippen LogP contribution in [0.5, 0.6) is 0 Å². The molecule has 0 aliphatic heterocycles. The molecule has 0 rings (SSSR count). The first-order chi connectivity index (χ1) is 8.74. The lowest BCUT2D eigenvalue weighted by atomic mass is 10.1. The van der Waals surface area contributed by atoms with Crippen molar-refractivity contribution in [2.24, 2.45) is 0 Å². The summed E-state index contributed by atoms with van der Waals surface area (Å²) in [5.41, 5.74) is 0. The highest BCUT2D eigenvalue weighted by molar-refractivity contribution is 5.69. The molecule has 0 aromatic rings. The molecule has 0 aromatic carbocycles. The maximum atomic E-state index is 11.7. The Morgan fingerprint density at radius 1 is 0.833 bits per heavy atom. The van der Waals surface area contributed by atoms with Crippen molar-refractivity contribution in [1.29, 1.82) is 0 Å². The lowest BCUT2D eigenvalue weighted by Crippen LogP contribution is -2.17. The highest BCUT2D eigenvalue weighted by Crippen LogP contribution is 2.12. The molecule has 0 bridgehead atoms. The fourth-order valence-corrected chi connectivity index (χ4v) is 2.20.